The molecule has 0 saturated heterocycles. The SMILES string of the molecule is CCCCCC1CCC(c2ccc(COc3ccc(-c4ccc(OC)c(F)c4F)cc3)c(F)c2F)CC1. The van der Waals surface area contributed by atoms with Gasteiger partial charge < -0.3 is 9.47 Å². The molecule has 0 radical (unpaired) electrons. The summed E-state index contributed by atoms with van der Waals surface area (Å²) in [6, 6.07) is 12.4. The van der Waals surface area contributed by atoms with Gasteiger partial charge in [-0.1, -0.05) is 56.9 Å². The molecule has 1 aliphatic carbocycles. The molecular formula is C31H34F4O2. The fraction of sp³-hybridized carbons (Fsp3) is 0.419. The number of halogens is 4. The normalized spacial score (nSPS) is 17.6. The van der Waals surface area contributed by atoms with E-state index in [-0.39, 0.29) is 29.4 Å². The fourth-order valence-electron chi connectivity index (χ4n) is 5.28. The zero-order chi connectivity index (χ0) is 26.4. The minimum absolute atomic E-state index is 0.0580. The van der Waals surface area contributed by atoms with Gasteiger partial charge in [0.15, 0.2) is 23.2 Å². The largest absolute Gasteiger partial charge is 0.494 e. The molecule has 6 heteroatoms. The van der Waals surface area contributed by atoms with Crippen molar-refractivity contribution in [2.24, 2.45) is 5.92 Å². The monoisotopic (exact) mass is 514 g/mol. The van der Waals surface area contributed by atoms with Crippen LogP contribution in [-0.2, 0) is 6.61 Å². The summed E-state index contributed by atoms with van der Waals surface area (Å²) in [5.41, 5.74) is 1.14. The minimum atomic E-state index is -1.05. The molecule has 1 saturated carbocycles. The second kappa shape index (κ2) is 12.5. The minimum Gasteiger partial charge on any atom is -0.494 e. The van der Waals surface area contributed by atoms with Gasteiger partial charge >= 0.3 is 0 Å². The molecule has 0 aromatic heterocycles. The standard InChI is InChI=1S/C31H34F4O2/c1-3-4-5-6-20-7-9-21(10-8-20)25-16-13-23(28(32)29(25)33)19-37-24-14-11-22(12-15-24)26-17-18-27(36-2)31(35)30(26)34/h11-18,20-21H,3-10,19H2,1-2H3. The Kier molecular flexibility index (Phi) is 9.12. The number of hydrogen-bond acceptors (Lipinski definition) is 2. The highest BCUT2D eigenvalue weighted by molar-refractivity contribution is 5.66. The zero-order valence-electron chi connectivity index (χ0n) is 21.5. The third-order valence-corrected chi connectivity index (χ3v) is 7.52. The van der Waals surface area contributed by atoms with Crippen LogP contribution in [0, 0.1) is 29.2 Å². The Bertz CT molecular complexity index is 1180. The maximum Gasteiger partial charge on any atom is 0.201 e. The second-order valence-corrected chi connectivity index (χ2v) is 9.91. The molecule has 0 unspecified atom stereocenters. The van der Waals surface area contributed by atoms with Gasteiger partial charge in [0, 0.05) is 11.1 Å². The van der Waals surface area contributed by atoms with Crippen molar-refractivity contribution >= 4 is 0 Å². The lowest BCUT2D eigenvalue weighted by molar-refractivity contribution is 0.290. The van der Waals surface area contributed by atoms with Crippen molar-refractivity contribution in [3.8, 4) is 22.6 Å². The molecule has 37 heavy (non-hydrogen) atoms. The summed E-state index contributed by atoms with van der Waals surface area (Å²) in [4.78, 5) is 0. The Labute approximate surface area is 216 Å². The predicted octanol–water partition coefficient (Wildman–Crippen LogP) is 9.35. The first-order valence-corrected chi connectivity index (χ1v) is 13.1. The first-order valence-electron chi connectivity index (χ1n) is 13.1. The maximum absolute atomic E-state index is 15.0. The molecule has 198 valence electrons. The molecule has 1 aliphatic rings. The zero-order valence-corrected chi connectivity index (χ0v) is 21.5. The van der Waals surface area contributed by atoms with E-state index < -0.39 is 23.3 Å². The first-order chi connectivity index (χ1) is 17.9. The van der Waals surface area contributed by atoms with Gasteiger partial charge in [0.05, 0.1) is 7.11 Å². The molecule has 3 aromatic carbocycles. The molecule has 0 aliphatic heterocycles. The highest BCUT2D eigenvalue weighted by Crippen LogP contribution is 2.39. The summed E-state index contributed by atoms with van der Waals surface area (Å²) in [6.45, 7) is 2.06. The number of methoxy groups -OCH3 is 1. The van der Waals surface area contributed by atoms with E-state index in [1.807, 2.05) is 0 Å². The van der Waals surface area contributed by atoms with Gasteiger partial charge in [0.25, 0.3) is 0 Å². The molecule has 0 N–H and O–H groups in total. The summed E-state index contributed by atoms with van der Waals surface area (Å²) in [6.07, 6.45) is 8.90. The van der Waals surface area contributed by atoms with Crippen molar-refractivity contribution in [2.45, 2.75) is 70.8 Å². The van der Waals surface area contributed by atoms with Crippen LogP contribution in [0.25, 0.3) is 11.1 Å². The van der Waals surface area contributed by atoms with E-state index in [4.69, 9.17) is 9.47 Å². The van der Waals surface area contributed by atoms with Gasteiger partial charge in [0.2, 0.25) is 5.82 Å². The number of rotatable bonds is 10. The van der Waals surface area contributed by atoms with Gasteiger partial charge in [0.1, 0.15) is 12.4 Å². The Morgan fingerprint density at radius 2 is 1.49 bits per heavy atom. The van der Waals surface area contributed by atoms with E-state index in [2.05, 4.69) is 6.92 Å². The third kappa shape index (κ3) is 6.28. The van der Waals surface area contributed by atoms with Crippen molar-refractivity contribution in [3.63, 3.8) is 0 Å². The average Bonchev–Trinajstić information content (AvgIpc) is 2.92. The van der Waals surface area contributed by atoms with Crippen LogP contribution in [0.2, 0.25) is 0 Å². The first kappa shape index (κ1) is 27.0. The van der Waals surface area contributed by atoms with Crippen molar-refractivity contribution in [1.82, 2.24) is 0 Å². The molecule has 0 heterocycles. The lowest BCUT2D eigenvalue weighted by Gasteiger charge is -2.29. The van der Waals surface area contributed by atoms with Crippen LogP contribution in [0.4, 0.5) is 17.6 Å². The Morgan fingerprint density at radius 1 is 0.757 bits per heavy atom. The van der Waals surface area contributed by atoms with E-state index in [9.17, 15) is 17.6 Å². The van der Waals surface area contributed by atoms with Crippen molar-refractivity contribution in [3.05, 3.63) is 82.9 Å². The molecule has 2 nitrogen and oxygen atoms in total. The van der Waals surface area contributed by atoms with Gasteiger partial charge in [-0.2, -0.15) is 4.39 Å². The smallest absolute Gasteiger partial charge is 0.201 e. The molecule has 4 rings (SSSR count). The third-order valence-electron chi connectivity index (χ3n) is 7.52. The quantitative estimate of drug-likeness (QED) is 0.198. The topological polar surface area (TPSA) is 18.5 Å². The Morgan fingerprint density at radius 3 is 2.16 bits per heavy atom. The lowest BCUT2D eigenvalue weighted by atomic mass is 9.76. The van der Waals surface area contributed by atoms with Crippen LogP contribution in [0.3, 0.4) is 0 Å². The van der Waals surface area contributed by atoms with Gasteiger partial charge in [-0.05, 0) is 72.9 Å². The molecule has 0 spiro atoms. The summed E-state index contributed by atoms with van der Waals surface area (Å²) in [5, 5.41) is 0. The van der Waals surface area contributed by atoms with Gasteiger partial charge in [-0.25, -0.2) is 13.2 Å². The van der Waals surface area contributed by atoms with E-state index in [0.717, 1.165) is 25.7 Å². The van der Waals surface area contributed by atoms with Crippen molar-refractivity contribution in [2.75, 3.05) is 7.11 Å². The summed E-state index contributed by atoms with van der Waals surface area (Å²) in [7, 11) is 1.27. The van der Waals surface area contributed by atoms with E-state index in [1.165, 1.54) is 44.9 Å². The number of benzene rings is 3. The molecule has 0 bridgehead atoms. The van der Waals surface area contributed by atoms with Crippen LogP contribution in [0.1, 0.15) is 75.3 Å². The van der Waals surface area contributed by atoms with Gasteiger partial charge in [-0.3, -0.25) is 0 Å². The fourth-order valence-corrected chi connectivity index (χ4v) is 5.28. The lowest BCUT2D eigenvalue weighted by Crippen LogP contribution is -2.15. The van der Waals surface area contributed by atoms with Crippen molar-refractivity contribution in [1.29, 1.82) is 0 Å². The second-order valence-electron chi connectivity index (χ2n) is 9.91. The van der Waals surface area contributed by atoms with Crippen LogP contribution in [0.15, 0.2) is 48.5 Å². The highest BCUT2D eigenvalue weighted by atomic mass is 19.2. The number of ether oxygens (including phenoxy) is 2. The van der Waals surface area contributed by atoms with Crippen LogP contribution in [0.5, 0.6) is 11.5 Å². The van der Waals surface area contributed by atoms with Gasteiger partial charge in [-0.15, -0.1) is 0 Å². The maximum atomic E-state index is 15.0. The van der Waals surface area contributed by atoms with E-state index in [0.29, 0.717) is 22.8 Å². The highest BCUT2D eigenvalue weighted by Gasteiger charge is 2.26. The van der Waals surface area contributed by atoms with Crippen LogP contribution >= 0.6 is 0 Å². The Hall–Kier alpha value is -3.02. The van der Waals surface area contributed by atoms with Crippen LogP contribution < -0.4 is 9.47 Å². The predicted molar refractivity (Wildman–Crippen MR) is 138 cm³/mol. The number of hydrogen-bond donors (Lipinski definition) is 0. The number of unbranched alkanes of at least 4 members (excludes halogenated alkanes) is 2. The molecular weight excluding hydrogens is 480 g/mol. The summed E-state index contributed by atoms with van der Waals surface area (Å²) in [5.74, 6) is -2.70. The molecule has 3 aromatic rings. The average molecular weight is 515 g/mol. The van der Waals surface area contributed by atoms with E-state index >= 15 is 0 Å². The summed E-state index contributed by atoms with van der Waals surface area (Å²) >= 11 is 0. The Balaban J connectivity index is 1.37. The van der Waals surface area contributed by atoms with Crippen molar-refractivity contribution < 1.29 is 27.0 Å². The molecule has 0 amide bonds. The molecule has 0 atom stereocenters. The van der Waals surface area contributed by atoms with E-state index in [1.54, 1.807) is 36.4 Å². The molecule has 1 fully saturated rings. The summed E-state index contributed by atoms with van der Waals surface area (Å²) < 4.78 is 68.7. The van der Waals surface area contributed by atoms with Crippen LogP contribution in [-0.4, -0.2) is 7.11 Å².